The van der Waals surface area contributed by atoms with Gasteiger partial charge in [-0.1, -0.05) is 11.5 Å². The van der Waals surface area contributed by atoms with Gasteiger partial charge in [0.15, 0.2) is 0 Å². The van der Waals surface area contributed by atoms with Gasteiger partial charge in [-0.15, -0.1) is 10.2 Å². The summed E-state index contributed by atoms with van der Waals surface area (Å²) in [7, 11) is 7.71. The molecule has 0 aliphatic carbocycles. The summed E-state index contributed by atoms with van der Waals surface area (Å²) in [6.45, 7) is 8.99. The number of anilines is 1. The van der Waals surface area contributed by atoms with Gasteiger partial charge in [-0.05, 0) is 26.8 Å². The molecule has 2 heterocycles. The summed E-state index contributed by atoms with van der Waals surface area (Å²) in [5, 5.41) is 9.22. The summed E-state index contributed by atoms with van der Waals surface area (Å²) in [5.74, 6) is 0.425. The summed E-state index contributed by atoms with van der Waals surface area (Å²) < 4.78 is 16.1. The van der Waals surface area contributed by atoms with E-state index >= 15 is 0 Å². The summed E-state index contributed by atoms with van der Waals surface area (Å²) in [5.41, 5.74) is 1.69. The van der Waals surface area contributed by atoms with Crippen LogP contribution in [0.2, 0.25) is 0 Å². The maximum atomic E-state index is 12.3. The highest BCUT2D eigenvalue weighted by molar-refractivity contribution is 6.38. The summed E-state index contributed by atoms with van der Waals surface area (Å²) in [4.78, 5) is 16.3. The van der Waals surface area contributed by atoms with Gasteiger partial charge in [-0.25, -0.2) is 4.79 Å². The zero-order valence-electron chi connectivity index (χ0n) is 17.5. The van der Waals surface area contributed by atoms with Gasteiger partial charge >= 0.3 is 6.09 Å². The van der Waals surface area contributed by atoms with Gasteiger partial charge in [0.05, 0.1) is 12.1 Å². The number of methoxy groups -OCH3 is 1. The molecule has 0 unspecified atom stereocenters. The van der Waals surface area contributed by atoms with E-state index in [-0.39, 0.29) is 6.09 Å². The standard InChI is InChI=1S/C20H27BN4O4/c1-20(2,3)29-19(26)25-9-7-24(8-10-25)16-6-5-15(21)18-14(16)13-17(22-23-18)28-12-11-27-4/h5-6,13H,7-12H2,1-4H3. The van der Waals surface area contributed by atoms with Gasteiger partial charge < -0.3 is 24.0 Å². The number of benzene rings is 1. The van der Waals surface area contributed by atoms with Crippen LogP contribution in [0.4, 0.5) is 10.5 Å². The molecule has 0 bridgehead atoms. The number of piperazine rings is 1. The van der Waals surface area contributed by atoms with E-state index < -0.39 is 5.60 Å². The normalized spacial score (nSPS) is 14.9. The highest BCUT2D eigenvalue weighted by Crippen LogP contribution is 2.27. The first-order valence-electron chi connectivity index (χ1n) is 9.69. The highest BCUT2D eigenvalue weighted by atomic mass is 16.6. The van der Waals surface area contributed by atoms with Crippen LogP contribution in [-0.4, -0.2) is 81.1 Å². The van der Waals surface area contributed by atoms with Gasteiger partial charge in [0.25, 0.3) is 0 Å². The Labute approximate surface area is 172 Å². The summed E-state index contributed by atoms with van der Waals surface area (Å²) in [6.07, 6.45) is -0.279. The molecule has 0 saturated carbocycles. The van der Waals surface area contributed by atoms with Crippen molar-refractivity contribution in [1.82, 2.24) is 15.1 Å². The Morgan fingerprint density at radius 2 is 1.86 bits per heavy atom. The second kappa shape index (κ2) is 8.86. The van der Waals surface area contributed by atoms with Crippen molar-refractivity contribution in [2.45, 2.75) is 26.4 Å². The Bertz CT molecular complexity index is 863. The molecule has 3 rings (SSSR count). The van der Waals surface area contributed by atoms with Crippen LogP contribution in [0.15, 0.2) is 18.2 Å². The maximum Gasteiger partial charge on any atom is 0.410 e. The number of nitrogens with zero attached hydrogens (tertiary/aromatic N) is 4. The number of carbonyl (C=O) groups is 1. The third-order valence-corrected chi connectivity index (χ3v) is 4.55. The third kappa shape index (κ3) is 5.29. The molecule has 9 heteroatoms. The van der Waals surface area contributed by atoms with Crippen molar-refractivity contribution in [3.05, 3.63) is 18.2 Å². The van der Waals surface area contributed by atoms with Gasteiger partial charge in [0, 0.05) is 50.4 Å². The predicted octanol–water partition coefficient (Wildman–Crippen LogP) is 1.51. The number of hydrogen-bond donors (Lipinski definition) is 0. The van der Waals surface area contributed by atoms with Crippen molar-refractivity contribution in [2.75, 3.05) is 51.4 Å². The molecule has 1 amide bonds. The fourth-order valence-electron chi connectivity index (χ4n) is 3.15. The van der Waals surface area contributed by atoms with Gasteiger partial charge in [0.1, 0.15) is 20.1 Å². The molecular weight excluding hydrogens is 371 g/mol. The quantitative estimate of drug-likeness (QED) is 0.558. The van der Waals surface area contributed by atoms with Gasteiger partial charge in [-0.2, -0.15) is 0 Å². The van der Waals surface area contributed by atoms with Crippen molar-refractivity contribution < 1.29 is 19.0 Å². The summed E-state index contributed by atoms with van der Waals surface area (Å²) in [6, 6.07) is 5.66. The number of hydrogen-bond acceptors (Lipinski definition) is 7. The number of aromatic nitrogens is 2. The van der Waals surface area contributed by atoms with E-state index in [1.54, 1.807) is 12.0 Å². The molecule has 29 heavy (non-hydrogen) atoms. The average Bonchev–Trinajstić information content (AvgIpc) is 2.67. The number of fused-ring (bicyclic) bond motifs is 1. The Morgan fingerprint density at radius 3 is 2.52 bits per heavy atom. The number of rotatable bonds is 5. The molecule has 1 saturated heterocycles. The Kier molecular flexibility index (Phi) is 6.47. The molecule has 1 aliphatic heterocycles. The molecule has 2 radical (unpaired) electrons. The second-order valence-electron chi connectivity index (χ2n) is 7.91. The fraction of sp³-hybridized carbons (Fsp3) is 0.550. The van der Waals surface area contributed by atoms with E-state index in [0.717, 1.165) is 11.1 Å². The van der Waals surface area contributed by atoms with Crippen LogP contribution in [0.1, 0.15) is 20.8 Å². The van der Waals surface area contributed by atoms with Crippen LogP contribution < -0.4 is 15.1 Å². The minimum absolute atomic E-state index is 0.279. The van der Waals surface area contributed by atoms with Crippen LogP contribution in [0.3, 0.4) is 0 Å². The lowest BCUT2D eigenvalue weighted by Gasteiger charge is -2.37. The molecule has 154 valence electrons. The van der Waals surface area contributed by atoms with E-state index in [1.165, 1.54) is 0 Å². The number of amides is 1. The molecule has 1 fully saturated rings. The lowest BCUT2D eigenvalue weighted by molar-refractivity contribution is 0.0240. The van der Waals surface area contributed by atoms with Crippen LogP contribution in [0, 0.1) is 0 Å². The van der Waals surface area contributed by atoms with Crippen molar-refractivity contribution in [1.29, 1.82) is 0 Å². The SMILES string of the molecule is [B]c1ccc(N2CCN(C(=O)OC(C)(C)C)CC2)c2cc(OCCOC)nnc12. The smallest absolute Gasteiger partial charge is 0.410 e. The number of ether oxygens (including phenoxy) is 3. The fourth-order valence-corrected chi connectivity index (χ4v) is 3.15. The molecule has 2 aromatic rings. The van der Waals surface area contributed by atoms with Crippen LogP contribution >= 0.6 is 0 Å². The van der Waals surface area contributed by atoms with Crippen molar-refractivity contribution in [3.8, 4) is 5.88 Å². The van der Waals surface area contributed by atoms with Crippen molar-refractivity contribution in [3.63, 3.8) is 0 Å². The molecule has 8 nitrogen and oxygen atoms in total. The molecule has 1 aromatic heterocycles. The monoisotopic (exact) mass is 398 g/mol. The first-order chi connectivity index (χ1) is 13.8. The number of carbonyl (C=O) groups excluding carboxylic acids is 1. The minimum Gasteiger partial charge on any atom is -0.474 e. The van der Waals surface area contributed by atoms with E-state index in [2.05, 4.69) is 15.1 Å². The van der Waals surface area contributed by atoms with E-state index in [1.807, 2.05) is 39.0 Å². The van der Waals surface area contributed by atoms with Gasteiger partial charge in [-0.3, -0.25) is 0 Å². The van der Waals surface area contributed by atoms with Crippen LogP contribution in [-0.2, 0) is 9.47 Å². The maximum absolute atomic E-state index is 12.3. The topological polar surface area (TPSA) is 77.0 Å². The summed E-state index contributed by atoms with van der Waals surface area (Å²) >= 11 is 0. The molecule has 0 spiro atoms. The van der Waals surface area contributed by atoms with Crippen molar-refractivity contribution >= 4 is 36.0 Å². The largest absolute Gasteiger partial charge is 0.474 e. The predicted molar refractivity (Wildman–Crippen MR) is 112 cm³/mol. The van der Waals surface area contributed by atoms with Crippen LogP contribution in [0.25, 0.3) is 10.9 Å². The Balaban J connectivity index is 1.76. The zero-order valence-corrected chi connectivity index (χ0v) is 17.5. The van der Waals surface area contributed by atoms with Crippen LogP contribution in [0.5, 0.6) is 5.88 Å². The van der Waals surface area contributed by atoms with E-state index in [9.17, 15) is 4.79 Å². The third-order valence-electron chi connectivity index (χ3n) is 4.55. The Morgan fingerprint density at radius 1 is 1.14 bits per heavy atom. The molecule has 1 aliphatic rings. The van der Waals surface area contributed by atoms with Crippen molar-refractivity contribution in [2.24, 2.45) is 0 Å². The minimum atomic E-state index is -0.501. The highest BCUT2D eigenvalue weighted by Gasteiger charge is 2.26. The molecule has 0 N–H and O–H groups in total. The molecule has 0 atom stereocenters. The first-order valence-corrected chi connectivity index (χ1v) is 9.69. The lowest BCUT2D eigenvalue weighted by atomic mass is 9.92. The van der Waals surface area contributed by atoms with Gasteiger partial charge in [0.2, 0.25) is 5.88 Å². The Hall–Kier alpha value is -2.55. The molecular formula is C20H27BN4O4. The van der Waals surface area contributed by atoms with E-state index in [0.29, 0.717) is 56.3 Å². The second-order valence-corrected chi connectivity index (χ2v) is 7.91. The lowest BCUT2D eigenvalue weighted by Crippen LogP contribution is -2.50. The molecule has 1 aromatic carbocycles. The van der Waals surface area contributed by atoms with E-state index in [4.69, 9.17) is 22.1 Å². The first kappa shape index (κ1) is 21.2. The zero-order chi connectivity index (χ0) is 21.0. The average molecular weight is 398 g/mol.